The van der Waals surface area contributed by atoms with Crippen LogP contribution in [0.5, 0.6) is 0 Å². The van der Waals surface area contributed by atoms with E-state index in [0.29, 0.717) is 11.0 Å². The van der Waals surface area contributed by atoms with Crippen LogP contribution in [0.15, 0.2) is 31.9 Å². The average Bonchev–Trinajstić information content (AvgIpc) is 2.35. The molecule has 0 N–H and O–H groups in total. The molecular formula is C15H15BrO4. The van der Waals surface area contributed by atoms with Crippen molar-refractivity contribution in [1.82, 2.24) is 0 Å². The van der Waals surface area contributed by atoms with E-state index in [1.807, 2.05) is 26.8 Å². The highest BCUT2D eigenvalue weighted by Crippen LogP contribution is 2.32. The Bertz CT molecular complexity index is 738. The number of carbonyl (C=O) groups is 1. The Kier molecular flexibility index (Phi) is 3.73. The molecule has 0 saturated heterocycles. The zero-order valence-corrected chi connectivity index (χ0v) is 13.3. The van der Waals surface area contributed by atoms with Crippen LogP contribution in [0.1, 0.15) is 36.7 Å². The summed E-state index contributed by atoms with van der Waals surface area (Å²) in [4.78, 5) is 23.5. The molecule has 0 atom stereocenters. The third kappa shape index (κ3) is 2.63. The van der Waals surface area contributed by atoms with Crippen LogP contribution in [0.3, 0.4) is 0 Å². The molecule has 0 aliphatic rings. The molecule has 1 aromatic heterocycles. The fourth-order valence-corrected chi connectivity index (χ4v) is 2.48. The Labute approximate surface area is 124 Å². The molecule has 4 nitrogen and oxygen atoms in total. The van der Waals surface area contributed by atoms with Gasteiger partial charge in [0.1, 0.15) is 11.1 Å². The zero-order chi connectivity index (χ0) is 15.1. The standard InChI is InChI=1S/C15H15BrO4/c1-15(2,3)11-7-9(16)5-8-6-10(13(17)19-4)14(18)20-12(8)11/h5-7H,1-4H3. The highest BCUT2D eigenvalue weighted by atomic mass is 79.9. The summed E-state index contributed by atoms with van der Waals surface area (Å²) >= 11 is 3.44. The third-order valence-corrected chi connectivity index (χ3v) is 3.47. The molecule has 0 radical (unpaired) electrons. The lowest BCUT2D eigenvalue weighted by Crippen LogP contribution is -2.17. The number of esters is 1. The maximum Gasteiger partial charge on any atom is 0.351 e. The number of fused-ring (bicyclic) bond motifs is 1. The molecule has 0 aliphatic carbocycles. The van der Waals surface area contributed by atoms with E-state index in [0.717, 1.165) is 10.0 Å². The van der Waals surface area contributed by atoms with Crippen molar-refractivity contribution in [2.45, 2.75) is 26.2 Å². The number of hydrogen-bond acceptors (Lipinski definition) is 4. The van der Waals surface area contributed by atoms with Gasteiger partial charge in [-0.15, -0.1) is 0 Å². The first kappa shape index (κ1) is 14.8. The van der Waals surface area contributed by atoms with Gasteiger partial charge in [0.05, 0.1) is 7.11 Å². The average molecular weight is 339 g/mol. The number of ether oxygens (including phenoxy) is 1. The fraction of sp³-hybridized carbons (Fsp3) is 0.333. The van der Waals surface area contributed by atoms with Gasteiger partial charge in [-0.25, -0.2) is 9.59 Å². The van der Waals surface area contributed by atoms with Crippen LogP contribution in [0.25, 0.3) is 11.0 Å². The Morgan fingerprint density at radius 1 is 1.25 bits per heavy atom. The minimum atomic E-state index is -0.696. The van der Waals surface area contributed by atoms with E-state index in [1.54, 1.807) is 6.07 Å². The van der Waals surface area contributed by atoms with Crippen molar-refractivity contribution < 1.29 is 13.9 Å². The van der Waals surface area contributed by atoms with E-state index in [4.69, 9.17) is 4.42 Å². The van der Waals surface area contributed by atoms with Crippen LogP contribution in [0.4, 0.5) is 0 Å². The van der Waals surface area contributed by atoms with Gasteiger partial charge in [0.25, 0.3) is 0 Å². The van der Waals surface area contributed by atoms with Gasteiger partial charge < -0.3 is 9.15 Å². The lowest BCUT2D eigenvalue weighted by atomic mass is 9.86. The van der Waals surface area contributed by atoms with Crippen molar-refractivity contribution >= 4 is 32.9 Å². The molecule has 106 valence electrons. The molecule has 20 heavy (non-hydrogen) atoms. The van der Waals surface area contributed by atoms with Gasteiger partial charge in [0, 0.05) is 15.4 Å². The Morgan fingerprint density at radius 2 is 1.90 bits per heavy atom. The lowest BCUT2D eigenvalue weighted by Gasteiger charge is -2.20. The fourth-order valence-electron chi connectivity index (χ4n) is 2.01. The van der Waals surface area contributed by atoms with Crippen LogP contribution in [0.2, 0.25) is 0 Å². The molecule has 0 amide bonds. The van der Waals surface area contributed by atoms with Crippen molar-refractivity contribution in [2.24, 2.45) is 0 Å². The van der Waals surface area contributed by atoms with Crippen molar-refractivity contribution in [1.29, 1.82) is 0 Å². The number of methoxy groups -OCH3 is 1. The van der Waals surface area contributed by atoms with Gasteiger partial charge >= 0.3 is 11.6 Å². The molecular weight excluding hydrogens is 324 g/mol. The smallest absolute Gasteiger partial charge is 0.351 e. The highest BCUT2D eigenvalue weighted by molar-refractivity contribution is 9.10. The zero-order valence-electron chi connectivity index (χ0n) is 11.7. The molecule has 0 aliphatic heterocycles. The summed E-state index contributed by atoms with van der Waals surface area (Å²) in [7, 11) is 1.23. The van der Waals surface area contributed by atoms with Crippen molar-refractivity contribution in [3.05, 3.63) is 44.2 Å². The van der Waals surface area contributed by atoms with E-state index in [1.165, 1.54) is 13.2 Å². The van der Waals surface area contributed by atoms with Crippen molar-refractivity contribution in [3.63, 3.8) is 0 Å². The Balaban J connectivity index is 2.85. The van der Waals surface area contributed by atoms with E-state index in [9.17, 15) is 9.59 Å². The molecule has 0 bridgehead atoms. The topological polar surface area (TPSA) is 56.5 Å². The predicted molar refractivity (Wildman–Crippen MR) is 80.2 cm³/mol. The molecule has 0 saturated carbocycles. The number of hydrogen-bond donors (Lipinski definition) is 0. The van der Waals surface area contributed by atoms with Gasteiger partial charge in [0.15, 0.2) is 0 Å². The quantitative estimate of drug-likeness (QED) is 0.588. The molecule has 1 aromatic carbocycles. The van der Waals surface area contributed by atoms with Crippen LogP contribution in [-0.2, 0) is 10.2 Å². The van der Waals surface area contributed by atoms with Gasteiger partial charge in [-0.05, 0) is 23.6 Å². The van der Waals surface area contributed by atoms with Gasteiger partial charge in [-0.2, -0.15) is 0 Å². The lowest BCUT2D eigenvalue weighted by molar-refractivity contribution is 0.0596. The summed E-state index contributed by atoms with van der Waals surface area (Å²) in [6.07, 6.45) is 0. The second-order valence-corrected chi connectivity index (χ2v) is 6.48. The summed E-state index contributed by atoms with van der Waals surface area (Å²) in [5.74, 6) is -0.696. The SMILES string of the molecule is COC(=O)c1cc2cc(Br)cc(C(C)(C)C)c2oc1=O. The van der Waals surface area contributed by atoms with E-state index in [2.05, 4.69) is 20.7 Å². The molecule has 2 rings (SSSR count). The van der Waals surface area contributed by atoms with Crippen molar-refractivity contribution in [2.75, 3.05) is 7.11 Å². The first-order valence-corrected chi connectivity index (χ1v) is 6.89. The maximum absolute atomic E-state index is 11.9. The largest absolute Gasteiger partial charge is 0.465 e. The normalized spacial score (nSPS) is 11.7. The molecule has 0 spiro atoms. The predicted octanol–water partition coefficient (Wildman–Crippen LogP) is 3.64. The van der Waals surface area contributed by atoms with Crippen LogP contribution >= 0.6 is 15.9 Å². The monoisotopic (exact) mass is 338 g/mol. The number of carbonyl (C=O) groups excluding carboxylic acids is 1. The minimum Gasteiger partial charge on any atom is -0.465 e. The van der Waals surface area contributed by atoms with Crippen LogP contribution < -0.4 is 5.63 Å². The molecule has 2 aromatic rings. The van der Waals surface area contributed by atoms with E-state index < -0.39 is 11.6 Å². The highest BCUT2D eigenvalue weighted by Gasteiger charge is 2.22. The first-order valence-electron chi connectivity index (χ1n) is 6.10. The molecule has 1 heterocycles. The Morgan fingerprint density at radius 3 is 2.45 bits per heavy atom. The van der Waals surface area contributed by atoms with E-state index in [-0.39, 0.29) is 11.0 Å². The van der Waals surface area contributed by atoms with Gasteiger partial charge in [-0.1, -0.05) is 36.7 Å². The second kappa shape index (κ2) is 5.05. The van der Waals surface area contributed by atoms with Crippen LogP contribution in [-0.4, -0.2) is 13.1 Å². The second-order valence-electron chi connectivity index (χ2n) is 5.56. The number of rotatable bonds is 1. The maximum atomic E-state index is 11.9. The van der Waals surface area contributed by atoms with Crippen molar-refractivity contribution in [3.8, 4) is 0 Å². The molecule has 5 heteroatoms. The number of halogens is 1. The van der Waals surface area contributed by atoms with E-state index >= 15 is 0 Å². The van der Waals surface area contributed by atoms with Gasteiger partial charge in [0.2, 0.25) is 0 Å². The molecule has 0 unspecified atom stereocenters. The molecule has 0 fully saturated rings. The number of benzene rings is 1. The summed E-state index contributed by atoms with van der Waals surface area (Å²) < 4.78 is 10.8. The summed E-state index contributed by atoms with van der Waals surface area (Å²) in [6.45, 7) is 6.09. The summed E-state index contributed by atoms with van der Waals surface area (Å²) in [6, 6.07) is 5.23. The summed E-state index contributed by atoms with van der Waals surface area (Å²) in [5.41, 5.74) is 0.425. The summed E-state index contributed by atoms with van der Waals surface area (Å²) in [5, 5.41) is 0.685. The first-order chi connectivity index (χ1) is 9.24. The third-order valence-electron chi connectivity index (χ3n) is 3.01. The van der Waals surface area contributed by atoms with Gasteiger partial charge in [-0.3, -0.25) is 0 Å². The van der Waals surface area contributed by atoms with Crippen LogP contribution in [0, 0.1) is 0 Å². The Hall–Kier alpha value is -1.62. The minimum absolute atomic E-state index is 0.0991.